The number of carbonyl (C=O) groups is 3. The number of aromatic nitrogens is 6. The highest BCUT2D eigenvalue weighted by Crippen LogP contribution is 2.38. The van der Waals surface area contributed by atoms with Crippen molar-refractivity contribution >= 4 is 51.5 Å². The van der Waals surface area contributed by atoms with Gasteiger partial charge < -0.3 is 30.3 Å². The van der Waals surface area contributed by atoms with E-state index in [0.717, 1.165) is 43.2 Å². The summed E-state index contributed by atoms with van der Waals surface area (Å²) in [6.07, 6.45) is 4.64. The number of likely N-dealkylation sites (tertiary alicyclic amines) is 1. The average molecular weight is 917 g/mol. The van der Waals surface area contributed by atoms with Crippen LogP contribution in [0.1, 0.15) is 81.4 Å². The maximum Gasteiger partial charge on any atom is 0.329 e. The largest absolute Gasteiger partial charge is 0.404 e. The topological polar surface area (TPSA) is 200 Å². The van der Waals surface area contributed by atoms with Crippen LogP contribution < -0.4 is 31.9 Å². The molecule has 4 N–H and O–H groups in total. The third kappa shape index (κ3) is 8.44. The second-order valence-electron chi connectivity index (χ2n) is 18.7. The number of amides is 3. The minimum Gasteiger partial charge on any atom is -0.404 e. The Morgan fingerprint density at radius 1 is 1.05 bits per heavy atom. The molecule has 1 aromatic carbocycles. The number of halogens is 3. The van der Waals surface area contributed by atoms with Gasteiger partial charge in [-0.05, 0) is 69.1 Å². The third-order valence-electron chi connectivity index (χ3n) is 14.4. The molecule has 1 aliphatic carbocycles. The normalized spacial score (nSPS) is 27.5. The number of alkyl halides is 3. The molecule has 352 valence electrons. The first-order valence-electron chi connectivity index (χ1n) is 23.0. The molecule has 3 amide bonds. The maximum absolute atomic E-state index is 15.6. The summed E-state index contributed by atoms with van der Waals surface area (Å²) in [5.41, 5.74) is 7.12. The zero-order valence-electron chi connectivity index (χ0n) is 36.7. The van der Waals surface area contributed by atoms with Gasteiger partial charge in [0.2, 0.25) is 11.8 Å². The number of benzene rings is 1. The van der Waals surface area contributed by atoms with Gasteiger partial charge in [-0.2, -0.15) is 5.10 Å². The van der Waals surface area contributed by atoms with E-state index in [-0.39, 0.29) is 72.2 Å². The minimum absolute atomic E-state index is 0.0500. The zero-order chi connectivity index (χ0) is 45.8. The van der Waals surface area contributed by atoms with E-state index in [0.29, 0.717) is 75.9 Å². The number of carbonyl (C=O) groups excluding carboxylic acids is 3. The molecule has 66 heavy (non-hydrogen) atoms. The molecule has 2 bridgehead atoms. The standard InChI is InChI=1S/C45H55F3N12O6/c1-55-40-33(3-2-4-34(40)60(45(55)64)35-9-10-38(61)53-44(35)63)57-18-26(19-57)23-66-36-12-14-56(21-31(36)46)17-25-5-7-27(8-6-25)59-22-32(39(54-59)41(47)48)51-43(62)30(16-49)42-50-13-11-37(52-42)58-20-29-15-28(58)24-65-29/h2-4,11,13,16,22,25-29,31,35-36,41H,5-10,12,14-15,17-21,23-24,49H2,1H3,(H,51,62)(H,53,61,63)/b30-16+/t25?,27?,28?,29-,31+,35?,36-/m1/s1. The Labute approximate surface area is 378 Å². The van der Waals surface area contributed by atoms with Gasteiger partial charge in [-0.15, -0.1) is 0 Å². The van der Waals surface area contributed by atoms with Crippen molar-refractivity contribution < 1.29 is 37.0 Å². The fraction of sp³-hybridized carbons (Fsp3) is 0.578. The fourth-order valence-electron chi connectivity index (χ4n) is 10.9. The van der Waals surface area contributed by atoms with Crippen LogP contribution in [0.25, 0.3) is 16.6 Å². The van der Waals surface area contributed by atoms with Crippen LogP contribution in [0.2, 0.25) is 0 Å². The molecule has 4 aromatic rings. The summed E-state index contributed by atoms with van der Waals surface area (Å²) in [4.78, 5) is 66.5. The van der Waals surface area contributed by atoms with E-state index in [1.54, 1.807) is 23.9 Å². The van der Waals surface area contributed by atoms with Crippen molar-refractivity contribution in [1.29, 1.82) is 0 Å². The molecule has 8 heterocycles. The second kappa shape index (κ2) is 18.1. The number of nitrogens with zero attached hydrogens (tertiary/aromatic N) is 9. The van der Waals surface area contributed by atoms with E-state index < -0.39 is 42.3 Å². The Bertz CT molecular complexity index is 2580. The molecule has 6 fully saturated rings. The Morgan fingerprint density at radius 2 is 1.86 bits per heavy atom. The molecule has 5 saturated heterocycles. The summed E-state index contributed by atoms with van der Waals surface area (Å²) in [6, 6.07) is 6.70. The SMILES string of the molecule is Cn1c(=O)n(C2CCC(=O)NC2=O)c2cccc(N3CC(CO[C@@H]4CCN(CC5CCC(n6cc(NC(=O)/C(=C/N)c7nccc(N8C[C@H]9CC8CO9)n7)c(C(F)F)n6)CC5)C[C@@H]4F)C3)c21. The quantitative estimate of drug-likeness (QED) is 0.130. The molecule has 3 aromatic heterocycles. The summed E-state index contributed by atoms with van der Waals surface area (Å²) >= 11 is 0. The number of fused-ring (bicyclic) bond motifs is 3. The first-order valence-corrected chi connectivity index (χ1v) is 23.0. The lowest BCUT2D eigenvalue weighted by molar-refractivity contribution is -0.135. The molecule has 0 radical (unpaired) electrons. The van der Waals surface area contributed by atoms with Crippen molar-refractivity contribution in [2.45, 2.75) is 94.3 Å². The van der Waals surface area contributed by atoms with Gasteiger partial charge >= 0.3 is 5.69 Å². The molecule has 18 nitrogen and oxygen atoms in total. The number of hydrogen-bond acceptors (Lipinski definition) is 13. The fourth-order valence-corrected chi connectivity index (χ4v) is 10.9. The lowest BCUT2D eigenvalue weighted by Gasteiger charge is -2.43. The van der Waals surface area contributed by atoms with Crippen LogP contribution >= 0.6 is 0 Å². The molecule has 0 spiro atoms. The highest BCUT2D eigenvalue weighted by Gasteiger charge is 2.41. The van der Waals surface area contributed by atoms with Gasteiger partial charge in [0, 0.05) is 77.2 Å². The average Bonchev–Trinajstić information content (AvgIpc) is 4.09. The van der Waals surface area contributed by atoms with Gasteiger partial charge in [0.1, 0.15) is 18.0 Å². The predicted octanol–water partition coefficient (Wildman–Crippen LogP) is 3.45. The molecule has 6 aliphatic rings. The summed E-state index contributed by atoms with van der Waals surface area (Å²) in [6.45, 7) is 4.81. The summed E-state index contributed by atoms with van der Waals surface area (Å²) < 4.78 is 60.6. The molecular formula is C45H55F3N12O6. The van der Waals surface area contributed by atoms with Crippen LogP contribution in [0.3, 0.4) is 0 Å². The van der Waals surface area contributed by atoms with Gasteiger partial charge in [-0.25, -0.2) is 27.9 Å². The van der Waals surface area contributed by atoms with Crippen LogP contribution in [0.4, 0.5) is 30.4 Å². The van der Waals surface area contributed by atoms with E-state index in [2.05, 4.69) is 40.4 Å². The monoisotopic (exact) mass is 916 g/mol. The Morgan fingerprint density at radius 3 is 2.58 bits per heavy atom. The van der Waals surface area contributed by atoms with Crippen molar-refractivity contribution in [2.75, 3.05) is 67.6 Å². The lowest BCUT2D eigenvalue weighted by Crippen LogP contribution is -2.51. The highest BCUT2D eigenvalue weighted by atomic mass is 19.3. The van der Waals surface area contributed by atoms with Crippen LogP contribution in [0.15, 0.2) is 47.7 Å². The number of imide groups is 1. The van der Waals surface area contributed by atoms with Crippen LogP contribution in [-0.2, 0) is 30.9 Å². The smallest absolute Gasteiger partial charge is 0.329 e. The van der Waals surface area contributed by atoms with Gasteiger partial charge in [0.15, 0.2) is 11.5 Å². The Balaban J connectivity index is 0.681. The maximum atomic E-state index is 15.6. The van der Waals surface area contributed by atoms with E-state index >= 15 is 4.39 Å². The predicted molar refractivity (Wildman–Crippen MR) is 236 cm³/mol. The van der Waals surface area contributed by atoms with E-state index in [1.807, 2.05) is 18.2 Å². The van der Waals surface area contributed by atoms with Crippen LogP contribution in [0, 0.1) is 11.8 Å². The number of ether oxygens (including phenoxy) is 2. The van der Waals surface area contributed by atoms with Gasteiger partial charge in [0.05, 0.1) is 65.5 Å². The summed E-state index contributed by atoms with van der Waals surface area (Å²) in [5.74, 6) is -0.294. The second-order valence-corrected chi connectivity index (χ2v) is 18.7. The van der Waals surface area contributed by atoms with Crippen molar-refractivity contribution in [3.8, 4) is 0 Å². The number of anilines is 3. The van der Waals surface area contributed by atoms with Gasteiger partial charge in [-0.1, -0.05) is 6.07 Å². The number of hydrogen-bond donors (Lipinski definition) is 3. The van der Waals surface area contributed by atoms with Crippen molar-refractivity contribution in [1.82, 2.24) is 39.1 Å². The Kier molecular flexibility index (Phi) is 12.1. The van der Waals surface area contributed by atoms with Crippen molar-refractivity contribution in [2.24, 2.45) is 24.6 Å². The molecule has 10 rings (SSSR count). The molecular weight excluding hydrogens is 862 g/mol. The van der Waals surface area contributed by atoms with E-state index in [4.69, 9.17) is 15.2 Å². The van der Waals surface area contributed by atoms with E-state index in [1.165, 1.54) is 15.4 Å². The Hall–Kier alpha value is -5.80. The van der Waals surface area contributed by atoms with Gasteiger partial charge in [-0.3, -0.25) is 38.4 Å². The molecule has 5 aliphatic heterocycles. The number of rotatable bonds is 13. The van der Waals surface area contributed by atoms with E-state index in [9.17, 15) is 28.0 Å². The number of aryl methyl sites for hydroxylation is 1. The summed E-state index contributed by atoms with van der Waals surface area (Å²) in [5, 5.41) is 9.17. The van der Waals surface area contributed by atoms with Gasteiger partial charge in [0.25, 0.3) is 12.3 Å². The number of imidazole rings is 1. The number of piperidine rings is 2. The zero-order valence-corrected chi connectivity index (χ0v) is 36.7. The number of morpholine rings is 1. The van der Waals surface area contributed by atoms with Crippen molar-refractivity contribution in [3.63, 3.8) is 0 Å². The minimum atomic E-state index is -2.92. The lowest BCUT2D eigenvalue weighted by atomic mass is 9.85. The number of para-hydroxylation sites is 1. The third-order valence-corrected chi connectivity index (χ3v) is 14.4. The number of nitrogens with two attached hydrogens (primary N) is 1. The van der Waals surface area contributed by atoms with Crippen LogP contribution in [-0.4, -0.2) is 128 Å². The first-order chi connectivity index (χ1) is 31.9. The molecule has 1 saturated carbocycles. The highest BCUT2D eigenvalue weighted by molar-refractivity contribution is 6.24. The first kappa shape index (κ1) is 44.1. The molecule has 5 atom stereocenters. The molecule has 21 heteroatoms. The summed E-state index contributed by atoms with van der Waals surface area (Å²) in [7, 11) is 1.69. The number of nitrogens with one attached hydrogen (secondary N) is 2. The van der Waals surface area contributed by atoms with Crippen LogP contribution in [0.5, 0.6) is 0 Å². The molecule has 2 unspecified atom stereocenters. The van der Waals surface area contributed by atoms with Crippen molar-refractivity contribution in [3.05, 3.63) is 64.9 Å².